The van der Waals surface area contributed by atoms with Gasteiger partial charge in [0.2, 0.25) is 0 Å². The van der Waals surface area contributed by atoms with E-state index >= 15 is 0 Å². The number of rotatable bonds is 7. The summed E-state index contributed by atoms with van der Waals surface area (Å²) in [7, 11) is 1.50. The van der Waals surface area contributed by atoms with Crippen LogP contribution in [0.3, 0.4) is 0 Å². The molecular formula is C23H22N4O2. The molecule has 0 atom stereocenters. The zero-order chi connectivity index (χ0) is 20.6. The molecule has 6 heteroatoms. The average molecular weight is 386 g/mol. The Kier molecular flexibility index (Phi) is 6.43. The van der Waals surface area contributed by atoms with Gasteiger partial charge < -0.3 is 10.1 Å². The maximum atomic E-state index is 12.0. The molecule has 1 heterocycles. The number of benzene rings is 2. The average Bonchev–Trinajstić information content (AvgIpc) is 3.20. The van der Waals surface area contributed by atoms with Crippen LogP contribution in [-0.2, 0) is 4.79 Å². The molecule has 0 saturated heterocycles. The summed E-state index contributed by atoms with van der Waals surface area (Å²) in [6.07, 6.45) is 4.31. The van der Waals surface area contributed by atoms with Gasteiger partial charge in [-0.25, -0.2) is 4.68 Å². The van der Waals surface area contributed by atoms with Crippen LogP contribution in [0.25, 0.3) is 23.0 Å². The Morgan fingerprint density at radius 1 is 1.21 bits per heavy atom. The molecule has 0 spiro atoms. The van der Waals surface area contributed by atoms with Crippen molar-refractivity contribution in [1.82, 2.24) is 15.1 Å². The standard InChI is InChI=1S/C23H22N4O2/c1-3-13-29-21-11-9-17(10-12-21)22-19(14-18(15-24)23(28)25-2)16-27(26-22)20-7-5-4-6-8-20/h4-12,14,16H,3,13H2,1-2H3,(H,25,28)/b18-14-. The van der Waals surface area contributed by atoms with E-state index in [2.05, 4.69) is 12.2 Å². The Labute approximate surface area is 170 Å². The van der Waals surface area contributed by atoms with Gasteiger partial charge in [-0.15, -0.1) is 0 Å². The summed E-state index contributed by atoms with van der Waals surface area (Å²) in [5.41, 5.74) is 3.12. The number of ether oxygens (including phenoxy) is 1. The number of nitrogens with zero attached hydrogens (tertiary/aromatic N) is 3. The third kappa shape index (κ3) is 4.71. The number of hydrogen-bond donors (Lipinski definition) is 1. The van der Waals surface area contributed by atoms with Gasteiger partial charge in [0.1, 0.15) is 17.4 Å². The minimum Gasteiger partial charge on any atom is -0.494 e. The molecule has 0 radical (unpaired) electrons. The number of hydrogen-bond acceptors (Lipinski definition) is 4. The molecule has 0 unspecified atom stereocenters. The van der Waals surface area contributed by atoms with Crippen LogP contribution < -0.4 is 10.1 Å². The first-order valence-electron chi connectivity index (χ1n) is 9.38. The Bertz CT molecular complexity index is 1040. The van der Waals surface area contributed by atoms with E-state index in [9.17, 15) is 10.1 Å². The third-order valence-electron chi connectivity index (χ3n) is 4.26. The lowest BCUT2D eigenvalue weighted by Gasteiger charge is -2.05. The van der Waals surface area contributed by atoms with Crippen LogP contribution in [0.15, 0.2) is 66.4 Å². The molecule has 1 N–H and O–H groups in total. The Hall–Kier alpha value is -3.85. The van der Waals surface area contributed by atoms with E-state index in [-0.39, 0.29) is 5.57 Å². The topological polar surface area (TPSA) is 79.9 Å². The molecular weight excluding hydrogens is 364 g/mol. The van der Waals surface area contributed by atoms with Gasteiger partial charge in [-0.3, -0.25) is 4.79 Å². The lowest BCUT2D eigenvalue weighted by molar-refractivity contribution is -0.116. The number of carbonyl (C=O) groups is 1. The van der Waals surface area contributed by atoms with Gasteiger partial charge in [0.05, 0.1) is 18.0 Å². The van der Waals surface area contributed by atoms with E-state index in [0.717, 1.165) is 23.4 Å². The maximum Gasteiger partial charge on any atom is 0.261 e. The van der Waals surface area contributed by atoms with E-state index in [0.29, 0.717) is 17.9 Å². The normalized spacial score (nSPS) is 11.0. The molecule has 29 heavy (non-hydrogen) atoms. The zero-order valence-electron chi connectivity index (χ0n) is 16.4. The quantitative estimate of drug-likeness (QED) is 0.492. The predicted molar refractivity (Wildman–Crippen MR) is 112 cm³/mol. The second kappa shape index (κ2) is 9.38. The number of para-hydroxylation sites is 1. The van der Waals surface area contributed by atoms with Crippen LogP contribution in [0, 0.1) is 11.3 Å². The van der Waals surface area contributed by atoms with E-state index in [1.165, 1.54) is 7.05 Å². The fourth-order valence-electron chi connectivity index (χ4n) is 2.80. The van der Waals surface area contributed by atoms with Crippen molar-refractivity contribution in [3.05, 3.63) is 71.9 Å². The van der Waals surface area contributed by atoms with Crippen LogP contribution in [0.4, 0.5) is 0 Å². The predicted octanol–water partition coefficient (Wildman–Crippen LogP) is 3.98. The van der Waals surface area contributed by atoms with E-state index < -0.39 is 5.91 Å². The fraction of sp³-hybridized carbons (Fsp3) is 0.174. The van der Waals surface area contributed by atoms with Gasteiger partial charge in [0.15, 0.2) is 0 Å². The second-order valence-electron chi connectivity index (χ2n) is 6.33. The first-order valence-corrected chi connectivity index (χ1v) is 9.38. The van der Waals surface area contributed by atoms with Gasteiger partial charge in [0, 0.05) is 24.4 Å². The van der Waals surface area contributed by atoms with E-state index in [4.69, 9.17) is 9.84 Å². The lowest BCUT2D eigenvalue weighted by Crippen LogP contribution is -2.19. The van der Waals surface area contributed by atoms with E-state index in [1.807, 2.05) is 66.9 Å². The van der Waals surface area contributed by atoms with Crippen LogP contribution in [0.2, 0.25) is 0 Å². The smallest absolute Gasteiger partial charge is 0.261 e. The number of aromatic nitrogens is 2. The minimum atomic E-state index is -0.436. The van der Waals surface area contributed by atoms with Crippen molar-refractivity contribution in [3.8, 4) is 28.8 Å². The molecule has 0 bridgehead atoms. The van der Waals surface area contributed by atoms with Crippen molar-refractivity contribution in [2.75, 3.05) is 13.7 Å². The third-order valence-corrected chi connectivity index (χ3v) is 4.26. The summed E-state index contributed by atoms with van der Waals surface area (Å²) in [5.74, 6) is 0.354. The number of nitrogens with one attached hydrogen (secondary N) is 1. The minimum absolute atomic E-state index is 0.0178. The van der Waals surface area contributed by atoms with Crippen LogP contribution in [0.1, 0.15) is 18.9 Å². The Balaban J connectivity index is 2.07. The molecule has 3 aromatic rings. The molecule has 0 fully saturated rings. The summed E-state index contributed by atoms with van der Waals surface area (Å²) in [4.78, 5) is 12.0. The van der Waals surface area contributed by atoms with Gasteiger partial charge in [-0.2, -0.15) is 10.4 Å². The molecule has 2 aromatic carbocycles. The van der Waals surface area contributed by atoms with Crippen molar-refractivity contribution in [2.24, 2.45) is 0 Å². The molecule has 3 rings (SSSR count). The SMILES string of the molecule is CCCOc1ccc(-c2nn(-c3ccccc3)cc2/C=C(/C#N)C(=O)NC)cc1. The highest BCUT2D eigenvalue weighted by Crippen LogP contribution is 2.27. The summed E-state index contributed by atoms with van der Waals surface area (Å²) >= 11 is 0. The van der Waals surface area contributed by atoms with Gasteiger partial charge >= 0.3 is 0 Å². The molecule has 0 aliphatic heterocycles. The highest BCUT2D eigenvalue weighted by molar-refractivity contribution is 6.02. The summed E-state index contributed by atoms with van der Waals surface area (Å²) in [5, 5.41) is 16.6. The zero-order valence-corrected chi connectivity index (χ0v) is 16.4. The van der Waals surface area contributed by atoms with Gasteiger partial charge in [0.25, 0.3) is 5.91 Å². The monoisotopic (exact) mass is 386 g/mol. The Morgan fingerprint density at radius 2 is 1.93 bits per heavy atom. The summed E-state index contributed by atoms with van der Waals surface area (Å²) < 4.78 is 7.38. The summed E-state index contributed by atoms with van der Waals surface area (Å²) in [6, 6.07) is 19.3. The Morgan fingerprint density at radius 3 is 2.55 bits per heavy atom. The van der Waals surface area contributed by atoms with Crippen molar-refractivity contribution in [3.63, 3.8) is 0 Å². The number of nitriles is 1. The van der Waals surface area contributed by atoms with Crippen molar-refractivity contribution >= 4 is 12.0 Å². The molecule has 146 valence electrons. The first kappa shape index (κ1) is 19.9. The van der Waals surface area contributed by atoms with Crippen LogP contribution in [-0.4, -0.2) is 29.3 Å². The molecule has 6 nitrogen and oxygen atoms in total. The van der Waals surface area contributed by atoms with Crippen LogP contribution >= 0.6 is 0 Å². The van der Waals surface area contributed by atoms with Crippen LogP contribution in [0.5, 0.6) is 5.75 Å². The molecule has 0 aliphatic carbocycles. The lowest BCUT2D eigenvalue weighted by atomic mass is 10.1. The number of likely N-dealkylation sites (N-methyl/N-ethyl adjacent to an activating group) is 1. The number of carbonyl (C=O) groups excluding carboxylic acids is 1. The molecule has 1 amide bonds. The van der Waals surface area contributed by atoms with Crippen molar-refractivity contribution in [1.29, 1.82) is 5.26 Å². The molecule has 1 aromatic heterocycles. The van der Waals surface area contributed by atoms with Crippen molar-refractivity contribution in [2.45, 2.75) is 13.3 Å². The first-order chi connectivity index (χ1) is 14.2. The largest absolute Gasteiger partial charge is 0.494 e. The van der Waals surface area contributed by atoms with Gasteiger partial charge in [-0.05, 0) is 48.9 Å². The maximum absolute atomic E-state index is 12.0. The fourth-order valence-corrected chi connectivity index (χ4v) is 2.80. The second-order valence-corrected chi connectivity index (χ2v) is 6.33. The van der Waals surface area contributed by atoms with Crippen molar-refractivity contribution < 1.29 is 9.53 Å². The van der Waals surface area contributed by atoms with E-state index in [1.54, 1.807) is 10.8 Å². The highest BCUT2D eigenvalue weighted by Gasteiger charge is 2.14. The molecule has 0 aliphatic rings. The summed E-state index contributed by atoms with van der Waals surface area (Å²) in [6.45, 7) is 2.72. The number of amides is 1. The molecule has 0 saturated carbocycles. The highest BCUT2D eigenvalue weighted by atomic mass is 16.5. The van der Waals surface area contributed by atoms with Gasteiger partial charge in [-0.1, -0.05) is 25.1 Å².